The van der Waals surface area contributed by atoms with Gasteiger partial charge in [0.05, 0.1) is 23.1 Å². The van der Waals surface area contributed by atoms with Gasteiger partial charge in [-0.1, -0.05) is 57.2 Å². The van der Waals surface area contributed by atoms with E-state index in [9.17, 15) is 14.4 Å². The van der Waals surface area contributed by atoms with E-state index in [0.717, 1.165) is 32.1 Å². The predicted octanol–water partition coefficient (Wildman–Crippen LogP) is 6.16. The third-order valence-corrected chi connectivity index (χ3v) is 11.0. The number of benzene rings is 2. The lowest BCUT2D eigenvalue weighted by molar-refractivity contribution is -0.265. The molecule has 2 aromatic carbocycles. The van der Waals surface area contributed by atoms with Crippen molar-refractivity contribution in [3.05, 3.63) is 71.8 Å². The zero-order chi connectivity index (χ0) is 28.9. The topological polar surface area (TPSA) is 88.1 Å². The second-order valence-corrected chi connectivity index (χ2v) is 13.2. The van der Waals surface area contributed by atoms with Crippen LogP contribution in [0.5, 0.6) is 0 Å². The Morgan fingerprint density at radius 3 is 2.17 bits per heavy atom. The summed E-state index contributed by atoms with van der Waals surface area (Å²) in [5.74, 6) is -0.592. The number of hydrogen-bond acceptors (Lipinski definition) is 7. The van der Waals surface area contributed by atoms with Gasteiger partial charge in [0.15, 0.2) is 0 Å². The lowest BCUT2D eigenvalue weighted by Crippen LogP contribution is -2.67. The number of esters is 3. The second-order valence-electron chi connectivity index (χ2n) is 13.2. The van der Waals surface area contributed by atoms with Crippen LogP contribution in [0.1, 0.15) is 86.4 Å². The molecule has 0 aromatic heterocycles. The Labute approximate surface area is 241 Å². The molecule has 218 valence electrons. The summed E-state index contributed by atoms with van der Waals surface area (Å²) in [6.07, 6.45) is 4.79. The van der Waals surface area contributed by atoms with Crippen LogP contribution in [0, 0.1) is 22.7 Å². The van der Waals surface area contributed by atoms with Crippen molar-refractivity contribution < 1.29 is 33.3 Å². The molecule has 2 spiro atoms. The Bertz CT molecular complexity index is 1310. The molecule has 2 saturated heterocycles. The van der Waals surface area contributed by atoms with E-state index in [2.05, 4.69) is 20.8 Å². The van der Waals surface area contributed by atoms with E-state index in [1.54, 1.807) is 24.3 Å². The molecule has 2 heterocycles. The summed E-state index contributed by atoms with van der Waals surface area (Å²) in [6.45, 7) is 7.14. The number of cyclic esters (lactones) is 1. The predicted molar refractivity (Wildman–Crippen MR) is 151 cm³/mol. The van der Waals surface area contributed by atoms with E-state index < -0.39 is 22.7 Å². The summed E-state index contributed by atoms with van der Waals surface area (Å²) in [6, 6.07) is 18.0. The molecular formula is C34H40O7. The molecule has 7 nitrogen and oxygen atoms in total. The van der Waals surface area contributed by atoms with E-state index in [1.165, 1.54) is 0 Å². The van der Waals surface area contributed by atoms with E-state index in [4.69, 9.17) is 18.9 Å². The molecule has 2 saturated carbocycles. The van der Waals surface area contributed by atoms with Gasteiger partial charge in [0.1, 0.15) is 24.9 Å². The van der Waals surface area contributed by atoms with Crippen LogP contribution < -0.4 is 0 Å². The first-order valence-electron chi connectivity index (χ1n) is 14.9. The zero-order valence-corrected chi connectivity index (χ0v) is 24.2. The Morgan fingerprint density at radius 2 is 1.54 bits per heavy atom. The van der Waals surface area contributed by atoms with Crippen LogP contribution >= 0.6 is 0 Å². The first-order valence-corrected chi connectivity index (χ1v) is 14.9. The molecule has 7 heteroatoms. The number of rotatable bonds is 5. The molecule has 0 bridgehead atoms. The number of fused-ring (bicyclic) bond motifs is 2. The van der Waals surface area contributed by atoms with Gasteiger partial charge in [-0.3, -0.25) is 4.79 Å². The van der Waals surface area contributed by atoms with Crippen LogP contribution in [0.15, 0.2) is 60.7 Å². The van der Waals surface area contributed by atoms with Gasteiger partial charge in [0.25, 0.3) is 0 Å². The second kappa shape index (κ2) is 10.3. The maximum absolute atomic E-state index is 13.3. The highest BCUT2D eigenvalue weighted by Gasteiger charge is 2.70. The van der Waals surface area contributed by atoms with Gasteiger partial charge in [0, 0.05) is 10.8 Å². The van der Waals surface area contributed by atoms with Crippen LogP contribution in [0.4, 0.5) is 0 Å². The summed E-state index contributed by atoms with van der Waals surface area (Å²) in [4.78, 5) is 38.6. The van der Waals surface area contributed by atoms with E-state index in [-0.39, 0.29) is 35.8 Å². The average Bonchev–Trinajstić information content (AvgIpc) is 3.55. The molecule has 41 heavy (non-hydrogen) atoms. The van der Waals surface area contributed by atoms with Gasteiger partial charge in [-0.25, -0.2) is 9.59 Å². The Morgan fingerprint density at radius 1 is 0.878 bits per heavy atom. The summed E-state index contributed by atoms with van der Waals surface area (Å²) in [7, 11) is 0. The van der Waals surface area contributed by atoms with Crippen LogP contribution in [-0.2, 0) is 23.7 Å². The first kappa shape index (κ1) is 28.0. The van der Waals surface area contributed by atoms with Crippen molar-refractivity contribution in [2.45, 2.75) is 83.0 Å². The van der Waals surface area contributed by atoms with Gasteiger partial charge in [0.2, 0.25) is 0 Å². The van der Waals surface area contributed by atoms with E-state index in [0.29, 0.717) is 36.5 Å². The fourth-order valence-electron chi connectivity index (χ4n) is 8.75. The molecule has 6 rings (SSSR count). The SMILES string of the molecule is C[C@@H]1CC[C@@H]2[C@](C)(COC(=O)c3ccccc3)[C@@H](OC(=O)c3ccccc3)CC[C@]2(C)[C@@]12CC[C@@]1(COC(=O)C1)O2. The van der Waals surface area contributed by atoms with Crippen LogP contribution in [0.2, 0.25) is 0 Å². The Hall–Kier alpha value is -3.19. The summed E-state index contributed by atoms with van der Waals surface area (Å²) in [5.41, 5.74) is -0.927. The highest BCUT2D eigenvalue weighted by Crippen LogP contribution is 2.68. The van der Waals surface area contributed by atoms with Crippen molar-refractivity contribution in [2.75, 3.05) is 13.2 Å². The normalized spacial score (nSPS) is 37.9. The number of hydrogen-bond donors (Lipinski definition) is 0. The molecule has 4 fully saturated rings. The van der Waals surface area contributed by atoms with Gasteiger partial charge in [-0.15, -0.1) is 0 Å². The van der Waals surface area contributed by atoms with E-state index in [1.807, 2.05) is 36.4 Å². The Kier molecular flexibility index (Phi) is 7.00. The maximum atomic E-state index is 13.3. The van der Waals surface area contributed by atoms with Crippen molar-refractivity contribution in [1.29, 1.82) is 0 Å². The van der Waals surface area contributed by atoms with Gasteiger partial charge >= 0.3 is 17.9 Å². The third-order valence-electron chi connectivity index (χ3n) is 11.0. The Balaban J connectivity index is 1.33. The molecule has 0 unspecified atom stereocenters. The maximum Gasteiger partial charge on any atom is 0.338 e. The molecular weight excluding hydrogens is 520 g/mol. The number of carbonyl (C=O) groups is 3. The largest absolute Gasteiger partial charge is 0.463 e. The third kappa shape index (κ3) is 4.57. The summed E-state index contributed by atoms with van der Waals surface area (Å²) in [5, 5.41) is 0. The monoisotopic (exact) mass is 560 g/mol. The van der Waals surface area contributed by atoms with Gasteiger partial charge in [-0.05, 0) is 74.6 Å². The summed E-state index contributed by atoms with van der Waals surface area (Å²) < 4.78 is 24.8. The minimum absolute atomic E-state index is 0.0604. The summed E-state index contributed by atoms with van der Waals surface area (Å²) >= 11 is 0. The molecule has 4 aliphatic rings. The fourth-order valence-corrected chi connectivity index (χ4v) is 8.75. The quantitative estimate of drug-likeness (QED) is 0.320. The van der Waals surface area contributed by atoms with Gasteiger partial charge < -0.3 is 18.9 Å². The van der Waals surface area contributed by atoms with Crippen LogP contribution in [0.3, 0.4) is 0 Å². The average molecular weight is 561 g/mol. The highest BCUT2D eigenvalue weighted by atomic mass is 16.6. The number of carbonyl (C=O) groups excluding carboxylic acids is 3. The molecule has 2 aliphatic carbocycles. The molecule has 0 amide bonds. The van der Waals surface area contributed by atoms with Crippen LogP contribution in [0.25, 0.3) is 0 Å². The lowest BCUT2D eigenvalue weighted by Gasteiger charge is -2.65. The highest BCUT2D eigenvalue weighted by molar-refractivity contribution is 5.90. The lowest BCUT2D eigenvalue weighted by atomic mass is 9.43. The van der Waals surface area contributed by atoms with E-state index >= 15 is 0 Å². The van der Waals surface area contributed by atoms with Crippen molar-refractivity contribution in [3.8, 4) is 0 Å². The van der Waals surface area contributed by atoms with Crippen molar-refractivity contribution in [2.24, 2.45) is 22.7 Å². The van der Waals surface area contributed by atoms with Crippen molar-refractivity contribution >= 4 is 17.9 Å². The van der Waals surface area contributed by atoms with Crippen molar-refractivity contribution in [1.82, 2.24) is 0 Å². The molecule has 2 aromatic rings. The molecule has 0 N–H and O–H groups in total. The fraction of sp³-hybridized carbons (Fsp3) is 0.559. The molecule has 0 radical (unpaired) electrons. The zero-order valence-electron chi connectivity index (χ0n) is 24.2. The smallest absolute Gasteiger partial charge is 0.338 e. The minimum Gasteiger partial charge on any atom is -0.463 e. The molecule has 7 atom stereocenters. The first-order chi connectivity index (χ1) is 19.6. The van der Waals surface area contributed by atoms with Gasteiger partial charge in [-0.2, -0.15) is 0 Å². The van der Waals surface area contributed by atoms with Crippen LogP contribution in [-0.4, -0.2) is 48.4 Å². The minimum atomic E-state index is -0.643. The standard InChI is InChI=1S/C34H40O7/c1-23-14-15-26-31(2,21-39-29(36)24-10-6-4-7-11-24)27(40-30(37)25-12-8-5-9-13-25)16-17-32(26,3)34(23)19-18-33(41-34)20-28(35)38-22-33/h4-13,23,26-27H,14-22H2,1-3H3/t23-,26-,27+,31+,32+,33-,34-/m1/s1. The van der Waals surface area contributed by atoms with Crippen molar-refractivity contribution in [3.63, 3.8) is 0 Å². The molecule has 2 aliphatic heterocycles. The number of ether oxygens (including phenoxy) is 4.